The number of thioether (sulfide) groups is 1. The van der Waals surface area contributed by atoms with Crippen molar-refractivity contribution >= 4 is 45.9 Å². The normalized spacial score (nSPS) is 13.0. The number of esters is 1. The van der Waals surface area contributed by atoms with Gasteiger partial charge < -0.3 is 24.8 Å². The molecule has 2 aromatic heterocycles. The van der Waals surface area contributed by atoms with Gasteiger partial charge in [0, 0.05) is 16.1 Å². The summed E-state index contributed by atoms with van der Waals surface area (Å²) in [6, 6.07) is 10.6. The molecule has 5 rings (SSSR count). The Morgan fingerprint density at radius 3 is 2.50 bits per heavy atom. The zero-order valence-corrected chi connectivity index (χ0v) is 27.5. The number of carbonyl (C=O) groups is 3. The van der Waals surface area contributed by atoms with Gasteiger partial charge in [0.25, 0.3) is 5.91 Å². The van der Waals surface area contributed by atoms with E-state index in [9.17, 15) is 18.8 Å². The van der Waals surface area contributed by atoms with E-state index in [1.807, 2.05) is 0 Å². The number of methoxy groups -OCH3 is 2. The summed E-state index contributed by atoms with van der Waals surface area (Å²) in [5.74, 6) is -0.297. The molecule has 14 heteroatoms. The Balaban J connectivity index is 1.36. The zero-order valence-electron chi connectivity index (χ0n) is 25.8. The van der Waals surface area contributed by atoms with E-state index in [-0.39, 0.29) is 25.0 Å². The number of fused-ring (bicyclic) bond motifs is 1. The molecule has 2 aromatic carbocycles. The predicted octanol–water partition coefficient (Wildman–Crippen LogP) is 5.59. The lowest BCUT2D eigenvalue weighted by atomic mass is 9.95. The van der Waals surface area contributed by atoms with E-state index in [1.54, 1.807) is 48.7 Å². The van der Waals surface area contributed by atoms with E-state index in [0.29, 0.717) is 44.3 Å². The third kappa shape index (κ3) is 7.18. The van der Waals surface area contributed by atoms with Gasteiger partial charge in [0.15, 0.2) is 22.5 Å². The van der Waals surface area contributed by atoms with Gasteiger partial charge in [-0.1, -0.05) is 11.8 Å². The van der Waals surface area contributed by atoms with E-state index < -0.39 is 17.0 Å². The minimum atomic E-state index is -0.660. The van der Waals surface area contributed by atoms with Gasteiger partial charge in [0.2, 0.25) is 5.91 Å². The van der Waals surface area contributed by atoms with Gasteiger partial charge in [-0.25, -0.2) is 9.18 Å². The molecule has 2 amide bonds. The number of rotatable bonds is 12. The number of thiophene rings is 1. The molecule has 0 fully saturated rings. The van der Waals surface area contributed by atoms with Crippen LogP contribution in [0.15, 0.2) is 47.6 Å². The number of halogens is 1. The number of nitrogens with one attached hydrogen (secondary N) is 2. The molecule has 46 heavy (non-hydrogen) atoms. The van der Waals surface area contributed by atoms with Crippen molar-refractivity contribution in [2.24, 2.45) is 0 Å². The number of ether oxygens (including phenoxy) is 3. The molecule has 1 aliphatic rings. The highest BCUT2D eigenvalue weighted by Crippen LogP contribution is 2.39. The van der Waals surface area contributed by atoms with Crippen molar-refractivity contribution in [2.75, 3.05) is 26.1 Å². The van der Waals surface area contributed by atoms with Gasteiger partial charge in [-0.3, -0.25) is 14.2 Å². The molecule has 0 saturated carbocycles. The quantitative estimate of drug-likeness (QED) is 0.147. The number of anilines is 1. The fourth-order valence-electron chi connectivity index (χ4n) is 5.08. The van der Waals surface area contributed by atoms with Crippen LogP contribution in [0, 0.1) is 5.82 Å². The molecule has 0 bridgehead atoms. The van der Waals surface area contributed by atoms with Crippen molar-refractivity contribution in [3.8, 4) is 17.2 Å². The van der Waals surface area contributed by atoms with Gasteiger partial charge in [-0.2, -0.15) is 0 Å². The van der Waals surface area contributed by atoms with Gasteiger partial charge in [-0.15, -0.1) is 21.5 Å². The Hall–Kier alpha value is -4.43. The molecule has 0 aliphatic heterocycles. The summed E-state index contributed by atoms with van der Waals surface area (Å²) in [7, 11) is 2.99. The number of carbonyl (C=O) groups excluding carboxylic acids is 3. The Morgan fingerprint density at radius 2 is 1.78 bits per heavy atom. The summed E-state index contributed by atoms with van der Waals surface area (Å²) >= 11 is 2.56. The second kappa shape index (κ2) is 14.8. The number of hydrogen-bond acceptors (Lipinski definition) is 10. The topological polar surface area (TPSA) is 134 Å². The third-order valence-electron chi connectivity index (χ3n) is 7.38. The summed E-state index contributed by atoms with van der Waals surface area (Å²) in [5, 5.41) is 14.6. The Bertz CT molecular complexity index is 1740. The Labute approximate surface area is 273 Å². The number of aryl methyl sites for hydroxylation is 1. The molecule has 0 radical (unpaired) electrons. The van der Waals surface area contributed by atoms with E-state index in [2.05, 4.69) is 20.8 Å². The SMILES string of the molecule is CCOC(=O)c1c(NC(=O)[C@@H](C)Sc2nnc(CNC(=O)c3ccc(OC)c(OC)c3)n2-c2ccc(F)cc2)sc2c1CCCC2. The van der Waals surface area contributed by atoms with Crippen LogP contribution in [0.3, 0.4) is 0 Å². The van der Waals surface area contributed by atoms with Crippen LogP contribution in [0.25, 0.3) is 5.69 Å². The van der Waals surface area contributed by atoms with Crippen LogP contribution < -0.4 is 20.1 Å². The first kappa shape index (κ1) is 32.9. The fraction of sp³-hybridized carbons (Fsp3) is 0.344. The summed E-state index contributed by atoms with van der Waals surface area (Å²) in [4.78, 5) is 40.4. The molecule has 4 aromatic rings. The molecule has 2 N–H and O–H groups in total. The van der Waals surface area contributed by atoms with Crippen LogP contribution in [-0.4, -0.2) is 58.6 Å². The lowest BCUT2D eigenvalue weighted by Gasteiger charge is -2.15. The highest BCUT2D eigenvalue weighted by molar-refractivity contribution is 8.00. The minimum Gasteiger partial charge on any atom is -0.493 e. The van der Waals surface area contributed by atoms with Crippen molar-refractivity contribution in [2.45, 2.75) is 56.5 Å². The maximum Gasteiger partial charge on any atom is 0.341 e. The van der Waals surface area contributed by atoms with Crippen LogP contribution in [0.5, 0.6) is 11.5 Å². The standard InChI is InChI=1S/C32H34FN5O6S2/c1-5-44-31(41)27-22-8-6-7-9-25(22)46-30(27)35-28(39)18(2)45-32-37-36-26(38(32)21-13-11-20(33)12-14-21)17-34-29(40)19-10-15-23(42-3)24(16-19)43-4/h10-16,18H,5-9,17H2,1-4H3,(H,34,40)(H,35,39)/t18-/m1/s1. The number of benzene rings is 2. The van der Waals surface area contributed by atoms with Crippen LogP contribution >= 0.6 is 23.1 Å². The minimum absolute atomic E-state index is 0.0116. The van der Waals surface area contributed by atoms with Crippen molar-refractivity contribution in [3.05, 3.63) is 75.7 Å². The first-order chi connectivity index (χ1) is 22.2. The maximum absolute atomic E-state index is 13.8. The van der Waals surface area contributed by atoms with Crippen LogP contribution in [0.1, 0.15) is 63.7 Å². The van der Waals surface area contributed by atoms with Gasteiger partial charge in [0.1, 0.15) is 10.8 Å². The maximum atomic E-state index is 13.8. The fourth-order valence-corrected chi connectivity index (χ4v) is 7.24. The Morgan fingerprint density at radius 1 is 1.04 bits per heavy atom. The molecular weight excluding hydrogens is 634 g/mol. The average molecular weight is 668 g/mol. The largest absolute Gasteiger partial charge is 0.493 e. The first-order valence-electron chi connectivity index (χ1n) is 14.7. The smallest absolute Gasteiger partial charge is 0.341 e. The molecule has 2 heterocycles. The molecule has 0 spiro atoms. The van der Waals surface area contributed by atoms with E-state index in [4.69, 9.17) is 14.2 Å². The highest BCUT2D eigenvalue weighted by atomic mass is 32.2. The second-order valence-electron chi connectivity index (χ2n) is 10.3. The summed E-state index contributed by atoms with van der Waals surface area (Å²) in [5.41, 5.74) is 2.30. The number of aromatic nitrogens is 3. The monoisotopic (exact) mass is 667 g/mol. The average Bonchev–Trinajstić information content (AvgIpc) is 3.64. The molecule has 0 unspecified atom stereocenters. The van der Waals surface area contributed by atoms with Gasteiger partial charge >= 0.3 is 5.97 Å². The van der Waals surface area contributed by atoms with E-state index >= 15 is 0 Å². The molecular formula is C32H34FN5O6S2. The summed E-state index contributed by atoms with van der Waals surface area (Å²) < 4.78 is 31.4. The molecule has 1 aliphatic carbocycles. The second-order valence-corrected chi connectivity index (χ2v) is 12.8. The third-order valence-corrected chi connectivity index (χ3v) is 9.63. The van der Waals surface area contributed by atoms with E-state index in [0.717, 1.165) is 47.9 Å². The number of nitrogens with zero attached hydrogens (tertiary/aromatic N) is 3. The molecule has 0 saturated heterocycles. The number of hydrogen-bond donors (Lipinski definition) is 2. The highest BCUT2D eigenvalue weighted by Gasteiger charge is 2.29. The number of amides is 2. The van der Waals surface area contributed by atoms with Gasteiger partial charge in [0.05, 0.1) is 38.2 Å². The first-order valence-corrected chi connectivity index (χ1v) is 16.4. The van der Waals surface area contributed by atoms with Crippen molar-refractivity contribution < 1.29 is 33.0 Å². The van der Waals surface area contributed by atoms with Crippen molar-refractivity contribution in [3.63, 3.8) is 0 Å². The van der Waals surface area contributed by atoms with Crippen LogP contribution in [-0.2, 0) is 28.9 Å². The zero-order chi connectivity index (χ0) is 32.8. The van der Waals surface area contributed by atoms with Crippen molar-refractivity contribution in [1.29, 1.82) is 0 Å². The molecule has 11 nitrogen and oxygen atoms in total. The lowest BCUT2D eigenvalue weighted by Crippen LogP contribution is -2.25. The molecule has 1 atom stereocenters. The summed E-state index contributed by atoms with van der Waals surface area (Å²) in [6.45, 7) is 3.70. The summed E-state index contributed by atoms with van der Waals surface area (Å²) in [6.07, 6.45) is 3.64. The van der Waals surface area contributed by atoms with Crippen LogP contribution in [0.4, 0.5) is 9.39 Å². The molecule has 242 valence electrons. The Kier molecular flexibility index (Phi) is 10.6. The van der Waals surface area contributed by atoms with Crippen molar-refractivity contribution in [1.82, 2.24) is 20.1 Å². The van der Waals surface area contributed by atoms with Crippen LogP contribution in [0.2, 0.25) is 0 Å². The predicted molar refractivity (Wildman–Crippen MR) is 173 cm³/mol. The lowest BCUT2D eigenvalue weighted by molar-refractivity contribution is -0.115. The van der Waals surface area contributed by atoms with Gasteiger partial charge in [-0.05, 0) is 87.6 Å². The van der Waals surface area contributed by atoms with E-state index in [1.165, 1.54) is 37.7 Å².